The third-order valence-corrected chi connectivity index (χ3v) is 3.43. The summed E-state index contributed by atoms with van der Waals surface area (Å²) in [6.07, 6.45) is 0. The molecule has 0 radical (unpaired) electrons. The quantitative estimate of drug-likeness (QED) is 0.719. The second-order valence-corrected chi connectivity index (χ2v) is 7.72. The lowest BCUT2D eigenvalue weighted by atomic mass is 10.1. The van der Waals surface area contributed by atoms with Gasteiger partial charge in [0.25, 0.3) is 0 Å². The maximum absolute atomic E-state index is 4.44. The standard InChI is InChI=1S/C16H22N8/c1-15(2,3)23-19-13(17-21-23)11-7-9-12(10-8-11)14-18-22-24(20-14)16(4,5)6/h7-10H,1-6H3. The highest BCUT2D eigenvalue weighted by molar-refractivity contribution is 5.62. The Labute approximate surface area is 140 Å². The van der Waals surface area contributed by atoms with E-state index in [1.54, 1.807) is 9.59 Å². The Morgan fingerprint density at radius 2 is 0.958 bits per heavy atom. The molecule has 3 aromatic rings. The molecule has 24 heavy (non-hydrogen) atoms. The number of tetrazole rings is 2. The van der Waals surface area contributed by atoms with Crippen LogP contribution in [-0.2, 0) is 11.1 Å². The van der Waals surface area contributed by atoms with Gasteiger partial charge in [-0.25, -0.2) is 0 Å². The highest BCUT2D eigenvalue weighted by atomic mass is 15.6. The molecule has 0 aliphatic carbocycles. The van der Waals surface area contributed by atoms with Crippen LogP contribution in [0, 0.1) is 0 Å². The SMILES string of the molecule is CC(C)(C)n1nnc(-c2ccc(-c3nnn(C(C)(C)C)n3)cc2)n1. The summed E-state index contributed by atoms with van der Waals surface area (Å²) in [6.45, 7) is 12.2. The first kappa shape index (κ1) is 16.2. The summed E-state index contributed by atoms with van der Waals surface area (Å²) < 4.78 is 0. The van der Waals surface area contributed by atoms with Crippen LogP contribution in [0.4, 0.5) is 0 Å². The van der Waals surface area contributed by atoms with Crippen molar-refractivity contribution in [2.45, 2.75) is 52.6 Å². The molecule has 0 spiro atoms. The van der Waals surface area contributed by atoms with Gasteiger partial charge in [0.05, 0.1) is 11.1 Å². The molecule has 126 valence electrons. The van der Waals surface area contributed by atoms with E-state index in [1.165, 1.54) is 0 Å². The molecule has 2 aromatic heterocycles. The largest absolute Gasteiger partial charge is 0.204 e. The molecule has 0 aliphatic heterocycles. The number of hydrogen-bond donors (Lipinski definition) is 0. The number of nitrogens with zero attached hydrogens (tertiary/aromatic N) is 8. The molecule has 0 N–H and O–H groups in total. The molecule has 8 heteroatoms. The van der Waals surface area contributed by atoms with E-state index in [-0.39, 0.29) is 11.1 Å². The molecular weight excluding hydrogens is 304 g/mol. The molecule has 1 aromatic carbocycles. The van der Waals surface area contributed by atoms with Crippen molar-refractivity contribution in [2.75, 3.05) is 0 Å². The molecule has 0 saturated heterocycles. The van der Waals surface area contributed by atoms with Crippen molar-refractivity contribution >= 4 is 0 Å². The van der Waals surface area contributed by atoms with E-state index in [2.05, 4.69) is 30.8 Å². The predicted molar refractivity (Wildman–Crippen MR) is 90.1 cm³/mol. The Hall–Kier alpha value is -2.64. The van der Waals surface area contributed by atoms with Gasteiger partial charge in [-0.15, -0.1) is 20.4 Å². The lowest BCUT2D eigenvalue weighted by Crippen LogP contribution is -2.24. The number of hydrogen-bond acceptors (Lipinski definition) is 6. The van der Waals surface area contributed by atoms with Gasteiger partial charge in [-0.05, 0) is 52.0 Å². The van der Waals surface area contributed by atoms with E-state index in [9.17, 15) is 0 Å². The van der Waals surface area contributed by atoms with Crippen molar-refractivity contribution in [3.05, 3.63) is 24.3 Å². The first-order valence-electron chi connectivity index (χ1n) is 7.86. The Balaban J connectivity index is 1.86. The van der Waals surface area contributed by atoms with Crippen LogP contribution >= 0.6 is 0 Å². The maximum atomic E-state index is 4.44. The molecule has 0 aliphatic rings. The Morgan fingerprint density at radius 3 is 1.21 bits per heavy atom. The van der Waals surface area contributed by atoms with Gasteiger partial charge in [0.15, 0.2) is 0 Å². The van der Waals surface area contributed by atoms with E-state index in [4.69, 9.17) is 0 Å². The van der Waals surface area contributed by atoms with Crippen LogP contribution in [0.5, 0.6) is 0 Å². The van der Waals surface area contributed by atoms with E-state index in [0.29, 0.717) is 11.6 Å². The second kappa shape index (κ2) is 5.47. The van der Waals surface area contributed by atoms with Crippen molar-refractivity contribution in [3.63, 3.8) is 0 Å². The average Bonchev–Trinajstić information content (AvgIpc) is 3.16. The third-order valence-electron chi connectivity index (χ3n) is 3.43. The normalized spacial score (nSPS) is 12.6. The summed E-state index contributed by atoms with van der Waals surface area (Å²) >= 11 is 0. The molecule has 0 unspecified atom stereocenters. The van der Waals surface area contributed by atoms with Gasteiger partial charge in [-0.1, -0.05) is 24.3 Å². The van der Waals surface area contributed by atoms with Crippen LogP contribution in [0.3, 0.4) is 0 Å². The Kier molecular flexibility index (Phi) is 3.70. The predicted octanol–water partition coefficient (Wildman–Crippen LogP) is 2.50. The zero-order valence-corrected chi connectivity index (χ0v) is 14.9. The first-order chi connectivity index (χ1) is 11.1. The van der Waals surface area contributed by atoms with Crippen LogP contribution in [0.15, 0.2) is 24.3 Å². The van der Waals surface area contributed by atoms with Gasteiger partial charge >= 0.3 is 0 Å². The molecule has 0 atom stereocenters. The fourth-order valence-electron chi connectivity index (χ4n) is 2.00. The summed E-state index contributed by atoms with van der Waals surface area (Å²) in [5, 5.41) is 25.4. The number of benzene rings is 1. The first-order valence-corrected chi connectivity index (χ1v) is 7.86. The smallest absolute Gasteiger partial charge is 0.158 e. The lowest BCUT2D eigenvalue weighted by molar-refractivity contribution is 0.306. The molecule has 8 nitrogen and oxygen atoms in total. The average molecular weight is 326 g/mol. The molecule has 3 rings (SSSR count). The van der Waals surface area contributed by atoms with Crippen LogP contribution < -0.4 is 0 Å². The lowest BCUT2D eigenvalue weighted by Gasteiger charge is -2.15. The monoisotopic (exact) mass is 326 g/mol. The van der Waals surface area contributed by atoms with Gasteiger partial charge in [-0.3, -0.25) is 0 Å². The van der Waals surface area contributed by atoms with Crippen molar-refractivity contribution in [1.29, 1.82) is 0 Å². The highest BCUT2D eigenvalue weighted by Crippen LogP contribution is 2.21. The van der Waals surface area contributed by atoms with E-state index in [0.717, 1.165) is 11.1 Å². The summed E-state index contributed by atoms with van der Waals surface area (Å²) in [7, 11) is 0. The van der Waals surface area contributed by atoms with E-state index < -0.39 is 0 Å². The van der Waals surface area contributed by atoms with Crippen molar-refractivity contribution < 1.29 is 0 Å². The van der Waals surface area contributed by atoms with Crippen LogP contribution in [0.25, 0.3) is 22.8 Å². The number of rotatable bonds is 2. The van der Waals surface area contributed by atoms with Crippen LogP contribution in [-0.4, -0.2) is 40.4 Å². The summed E-state index contributed by atoms with van der Waals surface area (Å²) in [4.78, 5) is 3.24. The molecule has 0 bridgehead atoms. The maximum Gasteiger partial charge on any atom is 0.204 e. The fraction of sp³-hybridized carbons (Fsp3) is 0.500. The Bertz CT molecular complexity index is 759. The zero-order chi connectivity index (χ0) is 17.5. The number of aromatic nitrogens is 8. The fourth-order valence-corrected chi connectivity index (χ4v) is 2.00. The summed E-state index contributed by atoms with van der Waals surface area (Å²) in [6, 6.07) is 7.77. The van der Waals surface area contributed by atoms with Crippen LogP contribution in [0.1, 0.15) is 41.5 Å². The van der Waals surface area contributed by atoms with Crippen molar-refractivity contribution in [1.82, 2.24) is 40.4 Å². The minimum absolute atomic E-state index is 0.194. The minimum atomic E-state index is -0.194. The summed E-state index contributed by atoms with van der Waals surface area (Å²) in [5.41, 5.74) is 1.41. The third kappa shape index (κ3) is 3.17. The van der Waals surface area contributed by atoms with Crippen molar-refractivity contribution in [3.8, 4) is 22.8 Å². The molecule has 0 fully saturated rings. The Morgan fingerprint density at radius 1 is 0.625 bits per heavy atom. The second-order valence-electron chi connectivity index (χ2n) is 7.72. The zero-order valence-electron chi connectivity index (χ0n) is 14.9. The van der Waals surface area contributed by atoms with Gasteiger partial charge in [0.2, 0.25) is 11.6 Å². The molecule has 0 saturated carbocycles. The van der Waals surface area contributed by atoms with Gasteiger partial charge in [0, 0.05) is 11.1 Å². The summed E-state index contributed by atoms with van der Waals surface area (Å²) in [5.74, 6) is 1.20. The topological polar surface area (TPSA) is 87.2 Å². The molecular formula is C16H22N8. The van der Waals surface area contributed by atoms with E-state index >= 15 is 0 Å². The van der Waals surface area contributed by atoms with Crippen LogP contribution in [0.2, 0.25) is 0 Å². The van der Waals surface area contributed by atoms with E-state index in [1.807, 2.05) is 65.8 Å². The molecule has 0 amide bonds. The van der Waals surface area contributed by atoms with Gasteiger partial charge < -0.3 is 0 Å². The van der Waals surface area contributed by atoms with Gasteiger partial charge in [0.1, 0.15) is 0 Å². The highest BCUT2D eigenvalue weighted by Gasteiger charge is 2.19. The minimum Gasteiger partial charge on any atom is -0.158 e. The van der Waals surface area contributed by atoms with Gasteiger partial charge in [-0.2, -0.15) is 9.59 Å². The van der Waals surface area contributed by atoms with Crippen molar-refractivity contribution in [2.24, 2.45) is 0 Å². The molecule has 2 heterocycles.